The van der Waals surface area contributed by atoms with Crippen LogP contribution >= 0.6 is 11.6 Å². The molecule has 0 aromatic heterocycles. The van der Waals surface area contributed by atoms with Gasteiger partial charge in [0, 0.05) is 17.0 Å². The van der Waals surface area contributed by atoms with Crippen LogP contribution in [-0.4, -0.2) is 23.7 Å². The molecule has 1 rings (SSSR count). The number of hydrogen-bond acceptors (Lipinski definition) is 2. The van der Waals surface area contributed by atoms with Crippen molar-refractivity contribution in [1.82, 2.24) is 5.32 Å². The summed E-state index contributed by atoms with van der Waals surface area (Å²) in [4.78, 5) is 12.3. The van der Waals surface area contributed by atoms with E-state index in [1.807, 2.05) is 45.0 Å². The summed E-state index contributed by atoms with van der Waals surface area (Å²) < 4.78 is 0. The predicted molar refractivity (Wildman–Crippen MR) is 87.4 cm³/mol. The van der Waals surface area contributed by atoms with Crippen molar-refractivity contribution in [2.45, 2.75) is 46.6 Å². The average molecular weight is 312 g/mol. The molecule has 4 heteroatoms. The molecular weight excluding hydrogens is 286 g/mol. The van der Waals surface area contributed by atoms with Gasteiger partial charge >= 0.3 is 0 Å². The van der Waals surface area contributed by atoms with Crippen LogP contribution in [-0.2, 0) is 11.2 Å². The van der Waals surface area contributed by atoms with Gasteiger partial charge in [-0.25, -0.2) is 0 Å². The molecule has 0 spiro atoms. The molecule has 1 amide bonds. The number of benzene rings is 1. The van der Waals surface area contributed by atoms with Gasteiger partial charge in [-0.2, -0.15) is 0 Å². The molecule has 3 nitrogen and oxygen atoms in total. The minimum Gasteiger partial charge on any atom is -0.393 e. The molecule has 0 fully saturated rings. The zero-order chi connectivity index (χ0) is 16.0. The lowest BCUT2D eigenvalue weighted by atomic mass is 9.84. The second kappa shape index (κ2) is 7.81. The Labute approximate surface area is 132 Å². The fourth-order valence-electron chi connectivity index (χ4n) is 2.41. The van der Waals surface area contributed by atoms with Crippen molar-refractivity contribution in [3.8, 4) is 0 Å². The lowest BCUT2D eigenvalue weighted by molar-refractivity contribution is -0.129. The molecule has 0 saturated carbocycles. The summed E-state index contributed by atoms with van der Waals surface area (Å²) in [6, 6.07) is 7.61. The predicted octanol–water partition coefficient (Wildman–Crippen LogP) is 3.43. The minimum absolute atomic E-state index is 0.0277. The largest absolute Gasteiger partial charge is 0.393 e. The van der Waals surface area contributed by atoms with Crippen LogP contribution in [0.4, 0.5) is 0 Å². The van der Waals surface area contributed by atoms with Gasteiger partial charge in [0.15, 0.2) is 0 Å². The fraction of sp³-hybridized carbons (Fsp3) is 0.588. The molecule has 0 saturated heterocycles. The summed E-state index contributed by atoms with van der Waals surface area (Å²) in [5.74, 6) is 0.288. The van der Waals surface area contributed by atoms with Crippen LogP contribution in [0, 0.1) is 11.3 Å². The van der Waals surface area contributed by atoms with Crippen LogP contribution in [0.25, 0.3) is 0 Å². The van der Waals surface area contributed by atoms with Crippen LogP contribution in [0.3, 0.4) is 0 Å². The first-order valence-corrected chi connectivity index (χ1v) is 7.79. The first kappa shape index (κ1) is 18.0. The molecule has 0 aliphatic heterocycles. The lowest BCUT2D eigenvalue weighted by Crippen LogP contribution is -2.40. The van der Waals surface area contributed by atoms with Crippen molar-refractivity contribution < 1.29 is 9.90 Å². The first-order valence-electron chi connectivity index (χ1n) is 7.41. The van der Waals surface area contributed by atoms with Gasteiger partial charge < -0.3 is 10.4 Å². The quantitative estimate of drug-likeness (QED) is 0.810. The van der Waals surface area contributed by atoms with E-state index in [1.54, 1.807) is 6.92 Å². The Morgan fingerprint density at radius 2 is 2.05 bits per heavy atom. The Morgan fingerprint density at radius 3 is 2.62 bits per heavy atom. The Balaban J connectivity index is 2.55. The summed E-state index contributed by atoms with van der Waals surface area (Å²) in [7, 11) is 0. The third-order valence-electron chi connectivity index (χ3n) is 3.50. The van der Waals surface area contributed by atoms with Crippen LogP contribution in [0.15, 0.2) is 24.3 Å². The van der Waals surface area contributed by atoms with Gasteiger partial charge in [-0.05, 0) is 43.4 Å². The number of rotatable bonds is 7. The summed E-state index contributed by atoms with van der Waals surface area (Å²) in [6.07, 6.45) is 0.996. The molecule has 2 atom stereocenters. The minimum atomic E-state index is -0.491. The first-order chi connectivity index (χ1) is 9.70. The van der Waals surface area contributed by atoms with E-state index in [9.17, 15) is 9.90 Å². The number of halogens is 1. The maximum Gasteiger partial charge on any atom is 0.226 e. The number of carbonyl (C=O) groups is 1. The summed E-state index contributed by atoms with van der Waals surface area (Å²) in [5.41, 5.74) is 0.564. The fourth-order valence-corrected chi connectivity index (χ4v) is 2.62. The molecule has 1 aromatic rings. The average Bonchev–Trinajstić information content (AvgIpc) is 2.34. The van der Waals surface area contributed by atoms with E-state index < -0.39 is 5.41 Å². The van der Waals surface area contributed by atoms with Gasteiger partial charge in [0.1, 0.15) is 0 Å². The van der Waals surface area contributed by atoms with Crippen molar-refractivity contribution in [3.05, 3.63) is 34.9 Å². The van der Waals surface area contributed by atoms with Crippen molar-refractivity contribution in [2.24, 2.45) is 11.3 Å². The lowest BCUT2D eigenvalue weighted by Gasteiger charge is -2.25. The van der Waals surface area contributed by atoms with E-state index in [0.29, 0.717) is 24.4 Å². The number of aliphatic hydroxyl groups is 1. The highest BCUT2D eigenvalue weighted by molar-refractivity contribution is 6.30. The van der Waals surface area contributed by atoms with Crippen LogP contribution < -0.4 is 5.32 Å². The SMILES string of the molecule is CC(O)CC(C)CNC(=O)C(C)(C)Cc1cccc(Cl)c1. The normalized spacial score (nSPS) is 14.6. The number of hydrogen-bond donors (Lipinski definition) is 2. The Bertz CT molecular complexity index is 472. The van der Waals surface area contributed by atoms with Gasteiger partial charge in [0.05, 0.1) is 6.10 Å². The summed E-state index contributed by atoms with van der Waals surface area (Å²) in [6.45, 7) is 8.24. The van der Waals surface area contributed by atoms with Gasteiger partial charge in [-0.15, -0.1) is 0 Å². The number of carbonyl (C=O) groups excluding carboxylic acids is 1. The molecule has 118 valence electrons. The van der Waals surface area contributed by atoms with Gasteiger partial charge in [-0.1, -0.05) is 44.5 Å². The standard InChI is InChI=1S/C17H26ClNO2/c1-12(8-13(2)20)11-19-16(21)17(3,4)10-14-6-5-7-15(18)9-14/h5-7,9,12-13,20H,8,10-11H2,1-4H3,(H,19,21). The van der Waals surface area contributed by atoms with Gasteiger partial charge in [0.2, 0.25) is 5.91 Å². The molecule has 0 heterocycles. The molecular formula is C17H26ClNO2. The van der Waals surface area contributed by atoms with E-state index in [1.165, 1.54) is 0 Å². The maximum absolute atomic E-state index is 12.3. The molecule has 2 N–H and O–H groups in total. The van der Waals surface area contributed by atoms with Crippen LogP contribution in [0.5, 0.6) is 0 Å². The summed E-state index contributed by atoms with van der Waals surface area (Å²) >= 11 is 5.98. The van der Waals surface area contributed by atoms with E-state index in [0.717, 1.165) is 5.56 Å². The Hall–Kier alpha value is -1.06. The van der Waals surface area contributed by atoms with Crippen molar-refractivity contribution >= 4 is 17.5 Å². The van der Waals surface area contributed by atoms with Crippen molar-refractivity contribution in [3.63, 3.8) is 0 Å². The zero-order valence-corrected chi connectivity index (χ0v) is 14.1. The molecule has 1 aromatic carbocycles. The van der Waals surface area contributed by atoms with E-state index in [4.69, 9.17) is 11.6 Å². The van der Waals surface area contributed by atoms with Gasteiger partial charge in [0.25, 0.3) is 0 Å². The number of aliphatic hydroxyl groups excluding tert-OH is 1. The number of amides is 1. The third kappa shape index (κ3) is 6.49. The van der Waals surface area contributed by atoms with Crippen LogP contribution in [0.2, 0.25) is 5.02 Å². The van der Waals surface area contributed by atoms with Gasteiger partial charge in [-0.3, -0.25) is 4.79 Å². The highest BCUT2D eigenvalue weighted by Gasteiger charge is 2.28. The molecule has 0 aliphatic rings. The highest BCUT2D eigenvalue weighted by Crippen LogP contribution is 2.24. The smallest absolute Gasteiger partial charge is 0.226 e. The molecule has 0 radical (unpaired) electrons. The second-order valence-corrected chi connectivity index (χ2v) is 7.03. The number of nitrogens with one attached hydrogen (secondary N) is 1. The van der Waals surface area contributed by atoms with E-state index >= 15 is 0 Å². The maximum atomic E-state index is 12.3. The topological polar surface area (TPSA) is 49.3 Å². The van der Waals surface area contributed by atoms with Crippen LogP contribution in [0.1, 0.15) is 39.7 Å². The summed E-state index contributed by atoms with van der Waals surface area (Å²) in [5, 5.41) is 13.0. The van der Waals surface area contributed by atoms with Crippen molar-refractivity contribution in [2.75, 3.05) is 6.54 Å². The Morgan fingerprint density at radius 1 is 1.38 bits per heavy atom. The van der Waals surface area contributed by atoms with Crippen molar-refractivity contribution in [1.29, 1.82) is 0 Å². The second-order valence-electron chi connectivity index (χ2n) is 6.59. The molecule has 0 aliphatic carbocycles. The third-order valence-corrected chi connectivity index (χ3v) is 3.74. The molecule has 21 heavy (non-hydrogen) atoms. The molecule has 0 bridgehead atoms. The highest BCUT2D eigenvalue weighted by atomic mass is 35.5. The van der Waals surface area contributed by atoms with E-state index in [-0.39, 0.29) is 17.9 Å². The van der Waals surface area contributed by atoms with E-state index in [2.05, 4.69) is 5.32 Å². The monoisotopic (exact) mass is 311 g/mol. The Kier molecular flexibility index (Phi) is 6.69. The molecule has 2 unspecified atom stereocenters. The zero-order valence-electron chi connectivity index (χ0n) is 13.3.